The number of hydrogen-bond donors (Lipinski definition) is 5. The van der Waals surface area contributed by atoms with E-state index in [-0.39, 0.29) is 0 Å². The van der Waals surface area contributed by atoms with Crippen LogP contribution in [-0.4, -0.2) is 54.5 Å². The summed E-state index contributed by atoms with van der Waals surface area (Å²) in [6.07, 6.45) is -1.60. The molecule has 4 atom stereocenters. The van der Waals surface area contributed by atoms with Crippen molar-refractivity contribution in [1.29, 1.82) is 0 Å². The van der Waals surface area contributed by atoms with E-state index in [9.17, 15) is 14.8 Å². The number of hydrogen-bond acceptors (Lipinski definition) is 7. The van der Waals surface area contributed by atoms with Crippen LogP contribution in [0.1, 0.15) is 6.23 Å². The maximum atomic E-state index is 10.8. The Morgan fingerprint density at radius 2 is 2.17 bits per heavy atom. The van der Waals surface area contributed by atoms with E-state index in [1.165, 1.54) is 4.57 Å². The Labute approximate surface area is 141 Å². The number of nitrogens with zero attached hydrogens (tertiary/aromatic N) is 3. The van der Waals surface area contributed by atoms with E-state index in [0.29, 0.717) is 16.1 Å². The normalized spacial score (nSPS) is 27.9. The predicted molar refractivity (Wildman–Crippen MR) is 82.1 cm³/mol. The highest BCUT2D eigenvalue weighted by Crippen LogP contribution is 2.38. The molecule has 0 aromatic carbocycles. The summed E-state index contributed by atoms with van der Waals surface area (Å²) in [7, 11) is -2.93. The zero-order chi connectivity index (χ0) is 17.6. The Balaban J connectivity index is 1.90. The van der Waals surface area contributed by atoms with Crippen molar-refractivity contribution < 1.29 is 38.4 Å². The summed E-state index contributed by atoms with van der Waals surface area (Å²) in [4.78, 5) is 22.4. The predicted octanol–water partition coefficient (Wildman–Crippen LogP) is -1.12. The van der Waals surface area contributed by atoms with Gasteiger partial charge in [-0.1, -0.05) is 0 Å². The summed E-state index contributed by atoms with van der Waals surface area (Å²) in [5.74, 6) is 0. The van der Waals surface area contributed by atoms with Gasteiger partial charge < -0.3 is 24.7 Å². The lowest BCUT2D eigenvalue weighted by Crippen LogP contribution is -2.33. The van der Waals surface area contributed by atoms with Gasteiger partial charge in [0.25, 0.3) is 5.65 Å². The smallest absolute Gasteiger partial charge is 0.387 e. The van der Waals surface area contributed by atoms with Crippen molar-refractivity contribution in [3.8, 4) is 0 Å². The van der Waals surface area contributed by atoms with Crippen LogP contribution in [-0.2, 0) is 20.9 Å². The standard InChI is InChI=1S/C12H16N3O7PS/c1-14-5-15(11-8(14)7(24)2-3-13-11)12-10(17)9(16)6(22-12)4-21-23(18,19)20/h2-3,5-6,9-10,12,16-17H,4H2,1H3,(H2-,13,18,19,20,24)/p+1/t6-,9-,10-,12?/m1/s1. The number of pyridine rings is 1. The molecule has 3 rings (SSSR count). The van der Waals surface area contributed by atoms with Crippen molar-refractivity contribution in [2.24, 2.45) is 7.05 Å². The molecule has 4 N–H and O–H groups in total. The van der Waals surface area contributed by atoms with Crippen molar-refractivity contribution in [2.45, 2.75) is 29.4 Å². The summed E-state index contributed by atoms with van der Waals surface area (Å²) in [5, 5.41) is 20.3. The first kappa shape index (κ1) is 17.8. The van der Waals surface area contributed by atoms with Crippen LogP contribution >= 0.6 is 20.5 Å². The van der Waals surface area contributed by atoms with E-state index in [2.05, 4.69) is 22.1 Å². The van der Waals surface area contributed by atoms with Crippen LogP contribution in [0.2, 0.25) is 0 Å². The first-order chi connectivity index (χ1) is 11.2. The topological polar surface area (TPSA) is 138 Å². The number of imidazole rings is 1. The Morgan fingerprint density at radius 3 is 2.83 bits per heavy atom. The zero-order valence-corrected chi connectivity index (χ0v) is 14.3. The molecule has 12 heteroatoms. The molecule has 0 saturated carbocycles. The molecule has 3 heterocycles. The van der Waals surface area contributed by atoms with Crippen LogP contribution in [0.4, 0.5) is 0 Å². The maximum Gasteiger partial charge on any atom is 0.469 e. The molecule has 0 radical (unpaired) electrons. The number of aryl methyl sites for hydroxylation is 1. The molecular weight excluding hydrogens is 361 g/mol. The Hall–Kier alpha value is -1.04. The fraction of sp³-hybridized carbons (Fsp3) is 0.500. The number of aliphatic hydroxyl groups excluding tert-OH is 2. The van der Waals surface area contributed by atoms with Gasteiger partial charge in [-0.3, -0.25) is 4.52 Å². The molecule has 0 bridgehead atoms. The Kier molecular flexibility index (Phi) is 4.71. The van der Waals surface area contributed by atoms with E-state index >= 15 is 0 Å². The number of thiol groups is 1. The van der Waals surface area contributed by atoms with Crippen molar-refractivity contribution in [3.63, 3.8) is 0 Å². The average Bonchev–Trinajstić information content (AvgIpc) is 2.96. The number of rotatable bonds is 4. The third-order valence-electron chi connectivity index (χ3n) is 3.80. The van der Waals surface area contributed by atoms with Crippen molar-refractivity contribution >= 4 is 31.6 Å². The van der Waals surface area contributed by atoms with E-state index in [4.69, 9.17) is 14.5 Å². The maximum absolute atomic E-state index is 10.8. The molecule has 24 heavy (non-hydrogen) atoms. The fourth-order valence-electron chi connectivity index (χ4n) is 2.71. The van der Waals surface area contributed by atoms with Crippen LogP contribution in [0, 0.1) is 0 Å². The second-order valence-electron chi connectivity index (χ2n) is 5.47. The molecule has 0 spiro atoms. The number of phosphoric acid groups is 1. The molecule has 2 aromatic rings. The lowest BCUT2D eigenvalue weighted by molar-refractivity contribution is -0.647. The highest BCUT2D eigenvalue weighted by molar-refractivity contribution is 7.80. The van der Waals surface area contributed by atoms with Crippen LogP contribution in [0.3, 0.4) is 0 Å². The lowest BCUT2D eigenvalue weighted by Gasteiger charge is -2.14. The summed E-state index contributed by atoms with van der Waals surface area (Å²) < 4.78 is 24.0. The largest absolute Gasteiger partial charge is 0.469 e. The lowest BCUT2D eigenvalue weighted by atomic mass is 10.1. The highest BCUT2D eigenvalue weighted by Gasteiger charge is 2.48. The van der Waals surface area contributed by atoms with Gasteiger partial charge in [-0.25, -0.2) is 14.1 Å². The van der Waals surface area contributed by atoms with Gasteiger partial charge in [0.1, 0.15) is 18.3 Å². The minimum Gasteiger partial charge on any atom is -0.387 e. The number of ether oxygens (including phenoxy) is 1. The Morgan fingerprint density at radius 1 is 1.46 bits per heavy atom. The van der Waals surface area contributed by atoms with Crippen LogP contribution in [0.5, 0.6) is 0 Å². The van der Waals surface area contributed by atoms with Crippen molar-refractivity contribution in [3.05, 3.63) is 18.6 Å². The van der Waals surface area contributed by atoms with Crippen LogP contribution in [0.25, 0.3) is 11.2 Å². The first-order valence-electron chi connectivity index (χ1n) is 6.95. The molecule has 1 fully saturated rings. The monoisotopic (exact) mass is 378 g/mol. The molecule has 1 aliphatic heterocycles. The summed E-state index contributed by atoms with van der Waals surface area (Å²) in [5.41, 5.74) is 1.19. The molecule has 1 aliphatic rings. The molecule has 10 nitrogen and oxygen atoms in total. The molecule has 0 aliphatic carbocycles. The van der Waals surface area contributed by atoms with Crippen LogP contribution < -0.4 is 4.57 Å². The van der Waals surface area contributed by atoms with Gasteiger partial charge in [0, 0.05) is 6.20 Å². The average molecular weight is 378 g/mol. The second kappa shape index (κ2) is 6.36. The zero-order valence-electron chi connectivity index (χ0n) is 12.5. The summed E-state index contributed by atoms with van der Waals surface area (Å²) in [6.45, 7) is -0.560. The fourth-order valence-corrected chi connectivity index (χ4v) is 3.38. The first-order valence-corrected chi connectivity index (χ1v) is 8.92. The molecule has 1 saturated heterocycles. The number of fused-ring (bicyclic) bond motifs is 1. The van der Waals surface area contributed by atoms with Crippen LogP contribution in [0.15, 0.2) is 23.5 Å². The van der Waals surface area contributed by atoms with Crippen molar-refractivity contribution in [1.82, 2.24) is 9.55 Å². The van der Waals surface area contributed by atoms with E-state index < -0.39 is 39.0 Å². The molecule has 1 unspecified atom stereocenters. The summed E-state index contributed by atoms with van der Waals surface area (Å²) in [6, 6.07) is 1.72. The minimum atomic E-state index is -4.70. The number of phosphoric ester groups is 1. The molecular formula is C12H17N3O7PS+. The molecule has 2 aromatic heterocycles. The van der Waals surface area contributed by atoms with Crippen molar-refractivity contribution in [2.75, 3.05) is 6.61 Å². The van der Waals surface area contributed by atoms with Gasteiger partial charge in [0.15, 0.2) is 0 Å². The van der Waals surface area contributed by atoms with E-state index in [1.54, 1.807) is 30.2 Å². The third kappa shape index (κ3) is 3.22. The second-order valence-corrected chi connectivity index (χ2v) is 7.19. The van der Waals surface area contributed by atoms with Gasteiger partial charge in [0.05, 0.1) is 18.6 Å². The van der Waals surface area contributed by atoms with E-state index in [1.807, 2.05) is 0 Å². The third-order valence-corrected chi connectivity index (χ3v) is 4.64. The van der Waals surface area contributed by atoms with Gasteiger partial charge >= 0.3 is 7.82 Å². The Bertz CT molecular complexity index is 809. The summed E-state index contributed by atoms with van der Waals surface area (Å²) >= 11 is 4.37. The van der Waals surface area contributed by atoms with Gasteiger partial charge in [-0.05, 0) is 6.07 Å². The SMILES string of the molecule is C[n+]1cn(C2O[C@H](COP(=O)(O)O)[C@@H](O)[C@H]2O)c2nccc(S)c21. The quantitative estimate of drug-likeness (QED) is 0.256. The highest BCUT2D eigenvalue weighted by atomic mass is 32.1. The van der Waals surface area contributed by atoms with Gasteiger partial charge in [-0.2, -0.15) is 4.57 Å². The number of aliphatic hydroxyl groups is 2. The minimum absolute atomic E-state index is 0.484. The van der Waals surface area contributed by atoms with Gasteiger partial charge in [0.2, 0.25) is 18.1 Å². The van der Waals surface area contributed by atoms with E-state index in [0.717, 1.165) is 0 Å². The van der Waals surface area contributed by atoms with Gasteiger partial charge in [-0.15, -0.1) is 12.6 Å². The molecule has 132 valence electrons. The molecule has 0 amide bonds. The number of aromatic nitrogens is 3.